The van der Waals surface area contributed by atoms with Gasteiger partial charge in [-0.3, -0.25) is 13.8 Å². The molecule has 1 N–H and O–H groups in total. The van der Waals surface area contributed by atoms with Gasteiger partial charge in [0.15, 0.2) is 11.5 Å². The lowest BCUT2D eigenvalue weighted by Crippen LogP contribution is -2.49. The van der Waals surface area contributed by atoms with Crippen LogP contribution >= 0.6 is 0 Å². The molecule has 8 heteroatoms. The van der Waals surface area contributed by atoms with Gasteiger partial charge in [-0.25, -0.2) is 0 Å². The summed E-state index contributed by atoms with van der Waals surface area (Å²) in [5.41, 5.74) is 0. The molecule has 2 aliphatic heterocycles. The molecule has 1 fully saturated rings. The molecular weight excluding hydrogens is 358 g/mol. The average molecular weight is 381 g/mol. The van der Waals surface area contributed by atoms with Crippen molar-refractivity contribution in [1.29, 1.82) is 0 Å². The molecule has 3 rings (SSSR count). The molecule has 142 valence electrons. The van der Waals surface area contributed by atoms with E-state index in [1.807, 2.05) is 0 Å². The number of ether oxygens (including phenoxy) is 2. The van der Waals surface area contributed by atoms with Crippen LogP contribution < -0.4 is 9.47 Å². The zero-order valence-corrected chi connectivity index (χ0v) is 15.5. The summed E-state index contributed by atoms with van der Waals surface area (Å²) in [5.74, 6) is -0.142. The van der Waals surface area contributed by atoms with Gasteiger partial charge in [0, 0.05) is 35.7 Å². The van der Waals surface area contributed by atoms with E-state index in [0.717, 1.165) is 0 Å². The van der Waals surface area contributed by atoms with Crippen molar-refractivity contribution in [3.05, 3.63) is 18.2 Å². The summed E-state index contributed by atoms with van der Waals surface area (Å²) in [5, 5.41) is 9.26. The first-order chi connectivity index (χ1) is 12.5. The molecule has 1 saturated heterocycles. The standard InChI is InChI=1S/C18H23NO6S/c1-12-14(18(21)22)3-2-7-19(12)17(20)6-10-26(23)13-4-5-15-16(11-13)25-9-8-24-15/h4-5,11-12,14H,2-3,6-10H2,1H3,(H,21,22)/t12-,14-,26?/m1/s1. The number of carbonyl (C=O) groups is 2. The molecule has 0 spiro atoms. The van der Waals surface area contributed by atoms with Crippen molar-refractivity contribution in [3.8, 4) is 11.5 Å². The Balaban J connectivity index is 1.59. The quantitative estimate of drug-likeness (QED) is 0.834. The van der Waals surface area contributed by atoms with E-state index in [1.165, 1.54) is 0 Å². The number of hydrogen-bond acceptors (Lipinski definition) is 5. The molecule has 1 amide bonds. The van der Waals surface area contributed by atoms with Crippen LogP contribution in [0.3, 0.4) is 0 Å². The summed E-state index contributed by atoms with van der Waals surface area (Å²) >= 11 is 0. The van der Waals surface area contributed by atoms with Gasteiger partial charge in [-0.2, -0.15) is 0 Å². The molecule has 0 aromatic heterocycles. The SMILES string of the molecule is C[C@@H]1[C@H](C(=O)O)CCCN1C(=O)CCS(=O)c1ccc2c(c1)OCCO2. The number of rotatable bonds is 5. The smallest absolute Gasteiger partial charge is 0.308 e. The van der Waals surface area contributed by atoms with E-state index in [0.29, 0.717) is 49.0 Å². The number of hydrogen-bond donors (Lipinski definition) is 1. The van der Waals surface area contributed by atoms with Gasteiger partial charge >= 0.3 is 5.97 Å². The van der Waals surface area contributed by atoms with Crippen molar-refractivity contribution in [2.24, 2.45) is 5.92 Å². The van der Waals surface area contributed by atoms with Gasteiger partial charge in [-0.1, -0.05) is 0 Å². The fourth-order valence-electron chi connectivity index (χ4n) is 3.43. The predicted molar refractivity (Wildman–Crippen MR) is 94.9 cm³/mol. The number of amides is 1. The highest BCUT2D eigenvalue weighted by Gasteiger charge is 2.35. The van der Waals surface area contributed by atoms with E-state index in [-0.39, 0.29) is 24.1 Å². The number of carbonyl (C=O) groups excluding carboxylic acids is 1. The van der Waals surface area contributed by atoms with Crippen molar-refractivity contribution in [1.82, 2.24) is 4.90 Å². The molecule has 2 heterocycles. The lowest BCUT2D eigenvalue weighted by atomic mass is 9.90. The minimum atomic E-state index is -1.33. The maximum atomic E-state index is 12.5. The largest absolute Gasteiger partial charge is 0.486 e. The van der Waals surface area contributed by atoms with Crippen LogP contribution in [-0.4, -0.2) is 57.6 Å². The van der Waals surface area contributed by atoms with Gasteiger partial charge in [0.1, 0.15) is 13.2 Å². The minimum absolute atomic E-state index is 0.123. The number of benzene rings is 1. The van der Waals surface area contributed by atoms with E-state index in [4.69, 9.17) is 9.47 Å². The number of carboxylic acids is 1. The van der Waals surface area contributed by atoms with Crippen LogP contribution in [0.2, 0.25) is 0 Å². The fraction of sp³-hybridized carbons (Fsp3) is 0.556. The molecule has 0 aliphatic carbocycles. The lowest BCUT2D eigenvalue weighted by Gasteiger charge is -2.37. The van der Waals surface area contributed by atoms with E-state index in [1.54, 1.807) is 30.0 Å². The number of aliphatic carboxylic acids is 1. The van der Waals surface area contributed by atoms with Gasteiger partial charge < -0.3 is 19.5 Å². The van der Waals surface area contributed by atoms with Gasteiger partial charge in [-0.05, 0) is 31.9 Å². The third-order valence-electron chi connectivity index (χ3n) is 4.90. The fourth-order valence-corrected chi connectivity index (χ4v) is 4.49. The molecule has 3 atom stereocenters. The Labute approximate surface area is 154 Å². The van der Waals surface area contributed by atoms with Crippen molar-refractivity contribution in [2.75, 3.05) is 25.5 Å². The first kappa shape index (κ1) is 18.7. The summed E-state index contributed by atoms with van der Waals surface area (Å²) < 4.78 is 23.5. The monoisotopic (exact) mass is 381 g/mol. The second-order valence-electron chi connectivity index (χ2n) is 6.52. The summed E-state index contributed by atoms with van der Waals surface area (Å²) in [7, 11) is -1.33. The van der Waals surface area contributed by atoms with Gasteiger partial charge in [0.25, 0.3) is 0 Å². The summed E-state index contributed by atoms with van der Waals surface area (Å²) in [6.45, 7) is 3.28. The molecule has 2 aliphatic rings. The molecule has 0 saturated carbocycles. The Hall–Kier alpha value is -2.09. The maximum absolute atomic E-state index is 12.5. The average Bonchev–Trinajstić information content (AvgIpc) is 2.65. The van der Waals surface area contributed by atoms with E-state index in [9.17, 15) is 18.9 Å². The molecule has 7 nitrogen and oxygen atoms in total. The highest BCUT2D eigenvalue weighted by atomic mass is 32.2. The van der Waals surface area contributed by atoms with E-state index < -0.39 is 22.7 Å². The molecule has 0 bridgehead atoms. The first-order valence-electron chi connectivity index (χ1n) is 8.77. The van der Waals surface area contributed by atoms with Crippen LogP contribution in [0.25, 0.3) is 0 Å². The number of likely N-dealkylation sites (tertiary alicyclic amines) is 1. The van der Waals surface area contributed by atoms with Gasteiger partial charge in [-0.15, -0.1) is 0 Å². The summed E-state index contributed by atoms with van der Waals surface area (Å²) in [6, 6.07) is 4.81. The van der Waals surface area contributed by atoms with Gasteiger partial charge in [0.2, 0.25) is 5.91 Å². The van der Waals surface area contributed by atoms with Crippen molar-refractivity contribution >= 4 is 22.7 Å². The minimum Gasteiger partial charge on any atom is -0.486 e. The second kappa shape index (κ2) is 8.07. The number of fused-ring (bicyclic) bond motifs is 1. The Kier molecular flexibility index (Phi) is 5.80. The summed E-state index contributed by atoms with van der Waals surface area (Å²) in [6.07, 6.45) is 1.39. The van der Waals surface area contributed by atoms with Crippen molar-refractivity contribution < 1.29 is 28.4 Å². The van der Waals surface area contributed by atoms with Crippen LogP contribution in [0.5, 0.6) is 11.5 Å². The first-order valence-corrected chi connectivity index (χ1v) is 10.1. The molecule has 26 heavy (non-hydrogen) atoms. The normalized spacial score (nSPS) is 23.3. The topological polar surface area (TPSA) is 93.1 Å². The second-order valence-corrected chi connectivity index (χ2v) is 8.09. The van der Waals surface area contributed by atoms with E-state index >= 15 is 0 Å². The molecule has 1 unspecified atom stereocenters. The Morgan fingerprint density at radius 1 is 1.27 bits per heavy atom. The van der Waals surface area contributed by atoms with Crippen LogP contribution in [0.1, 0.15) is 26.2 Å². The maximum Gasteiger partial charge on any atom is 0.308 e. The zero-order chi connectivity index (χ0) is 18.7. The number of piperidine rings is 1. The van der Waals surface area contributed by atoms with Crippen LogP contribution in [-0.2, 0) is 20.4 Å². The van der Waals surface area contributed by atoms with Crippen LogP contribution in [0.4, 0.5) is 0 Å². The third kappa shape index (κ3) is 4.00. The van der Waals surface area contributed by atoms with Crippen molar-refractivity contribution in [3.63, 3.8) is 0 Å². The Morgan fingerprint density at radius 3 is 2.73 bits per heavy atom. The van der Waals surface area contributed by atoms with Crippen LogP contribution in [0.15, 0.2) is 23.1 Å². The Morgan fingerprint density at radius 2 is 2.00 bits per heavy atom. The van der Waals surface area contributed by atoms with E-state index in [2.05, 4.69) is 0 Å². The molecule has 1 aromatic rings. The third-order valence-corrected chi connectivity index (χ3v) is 6.26. The summed E-state index contributed by atoms with van der Waals surface area (Å²) in [4.78, 5) is 26.0. The predicted octanol–water partition coefficient (Wildman–Crippen LogP) is 1.67. The molecule has 0 radical (unpaired) electrons. The Bertz CT molecular complexity index is 722. The number of nitrogens with zero attached hydrogens (tertiary/aromatic N) is 1. The van der Waals surface area contributed by atoms with Crippen LogP contribution in [0, 0.1) is 5.92 Å². The number of carboxylic acid groups (broad SMARTS) is 1. The zero-order valence-electron chi connectivity index (χ0n) is 14.7. The molecular formula is C18H23NO6S. The highest BCUT2D eigenvalue weighted by Crippen LogP contribution is 2.32. The molecule has 1 aromatic carbocycles. The van der Waals surface area contributed by atoms with Crippen molar-refractivity contribution in [2.45, 2.75) is 37.1 Å². The van der Waals surface area contributed by atoms with Gasteiger partial charge in [0.05, 0.1) is 16.7 Å². The highest BCUT2D eigenvalue weighted by molar-refractivity contribution is 7.85. The lowest BCUT2D eigenvalue weighted by molar-refractivity contribution is -0.148.